The van der Waals surface area contributed by atoms with Crippen LogP contribution in [0.25, 0.3) is 11.0 Å². The molecule has 3 amide bonds. The molecule has 55 heavy (non-hydrogen) atoms. The standard InChI is InChI=1S/C37H45F4N7O6S/c1-22(2)48-30-15-11-10-13-28(30)43-35(48)54-27-19-31-32(49)44-36(34(51)45-55(52,53)46(3)4)20-23(36)12-8-6-5-7-9-14-29(33(50)47(31)21-27)42-26-17-24(37(39,40)41)16-25(38)18-26/h8,10-13,15-18,22-23,27,29,31,42H,5-7,9,14,19-21H2,1-4H3,(H,44,49)(H,45,51)/b12-8-/t23-,27-,29+,31+,36-/m1/s1. The van der Waals surface area contributed by atoms with Crippen LogP contribution in [0.5, 0.6) is 6.01 Å². The Bertz CT molecular complexity index is 2090. The summed E-state index contributed by atoms with van der Waals surface area (Å²) in [4.78, 5) is 48.5. The fourth-order valence-electron chi connectivity index (χ4n) is 7.26. The van der Waals surface area contributed by atoms with Crippen LogP contribution in [0.15, 0.2) is 54.6 Å². The van der Waals surface area contributed by atoms with Crippen molar-refractivity contribution in [2.75, 3.05) is 26.0 Å². The van der Waals surface area contributed by atoms with Crippen LogP contribution in [-0.4, -0.2) is 89.3 Å². The summed E-state index contributed by atoms with van der Waals surface area (Å²) in [6, 6.07) is 7.12. The first-order chi connectivity index (χ1) is 25.9. The zero-order valence-electron chi connectivity index (χ0n) is 30.9. The Morgan fingerprint density at radius 2 is 1.85 bits per heavy atom. The Morgan fingerprint density at radius 1 is 1.11 bits per heavy atom. The minimum absolute atomic E-state index is 0.0576. The average molecular weight is 792 g/mol. The van der Waals surface area contributed by atoms with E-state index in [0.29, 0.717) is 37.3 Å². The van der Waals surface area contributed by atoms with Gasteiger partial charge in [-0.2, -0.15) is 30.9 Å². The molecule has 1 aliphatic carbocycles. The summed E-state index contributed by atoms with van der Waals surface area (Å²) in [5.74, 6) is -4.01. The second-order valence-electron chi connectivity index (χ2n) is 14.8. The quantitative estimate of drug-likeness (QED) is 0.215. The largest absolute Gasteiger partial charge is 0.459 e. The number of alkyl halides is 3. The minimum atomic E-state index is -4.85. The third-order valence-corrected chi connectivity index (χ3v) is 11.7. The molecule has 1 saturated carbocycles. The molecular formula is C37H45F4N7O6S. The van der Waals surface area contributed by atoms with Crippen molar-refractivity contribution in [3.8, 4) is 6.01 Å². The molecule has 18 heteroatoms. The van der Waals surface area contributed by atoms with Crippen molar-refractivity contribution in [3.05, 3.63) is 66.0 Å². The van der Waals surface area contributed by atoms with Gasteiger partial charge in [0.2, 0.25) is 11.8 Å². The first-order valence-electron chi connectivity index (χ1n) is 18.2. The number of anilines is 1. The molecule has 0 bridgehead atoms. The lowest BCUT2D eigenvalue weighted by Gasteiger charge is -2.30. The number of fused-ring (bicyclic) bond motifs is 3. The maximum absolute atomic E-state index is 14.6. The summed E-state index contributed by atoms with van der Waals surface area (Å²) < 4.78 is 92.0. The third kappa shape index (κ3) is 8.59. The number of carbonyl (C=O) groups excluding carboxylic acids is 3. The van der Waals surface area contributed by atoms with Crippen molar-refractivity contribution in [2.24, 2.45) is 5.92 Å². The lowest BCUT2D eigenvalue weighted by molar-refractivity contribution is -0.140. The van der Waals surface area contributed by atoms with Crippen molar-refractivity contribution >= 4 is 44.7 Å². The first-order valence-corrected chi connectivity index (χ1v) is 19.7. The summed E-state index contributed by atoms with van der Waals surface area (Å²) in [5, 5.41) is 5.59. The van der Waals surface area contributed by atoms with Crippen molar-refractivity contribution < 1.29 is 45.1 Å². The fourth-order valence-corrected chi connectivity index (χ4v) is 7.86. The van der Waals surface area contributed by atoms with E-state index in [0.717, 1.165) is 22.0 Å². The van der Waals surface area contributed by atoms with Gasteiger partial charge in [-0.3, -0.25) is 19.0 Å². The van der Waals surface area contributed by atoms with E-state index >= 15 is 0 Å². The smallest absolute Gasteiger partial charge is 0.416 e. The number of amides is 3. The number of aromatic nitrogens is 2. The molecule has 0 spiro atoms. The molecule has 6 rings (SSSR count). The predicted molar refractivity (Wildman–Crippen MR) is 195 cm³/mol. The van der Waals surface area contributed by atoms with Gasteiger partial charge in [-0.1, -0.05) is 37.1 Å². The number of imidazole rings is 1. The SMILES string of the molecule is CC(C)n1c(O[C@@H]2C[C@H]3C(=O)N[C@]4(C(=O)NS(=O)(=O)N(C)C)C[C@H]4/C=C\CCCCC[C@H](Nc4cc(F)cc(C(F)(F)F)c4)C(=O)N3C2)nc2ccccc21. The monoisotopic (exact) mass is 791 g/mol. The normalized spacial score (nSPS) is 25.8. The molecule has 1 saturated heterocycles. The molecule has 3 heterocycles. The zero-order valence-corrected chi connectivity index (χ0v) is 31.7. The van der Waals surface area contributed by atoms with Gasteiger partial charge >= 0.3 is 16.4 Å². The molecule has 1 aromatic heterocycles. The van der Waals surface area contributed by atoms with Crippen LogP contribution in [-0.2, 0) is 30.8 Å². The van der Waals surface area contributed by atoms with Crippen LogP contribution in [0.1, 0.15) is 70.4 Å². The number of hydrogen-bond donors (Lipinski definition) is 3. The van der Waals surface area contributed by atoms with E-state index in [-0.39, 0.29) is 43.5 Å². The summed E-state index contributed by atoms with van der Waals surface area (Å²) in [6.07, 6.45) is 0.528. The number of ether oxygens (including phenoxy) is 1. The van der Waals surface area contributed by atoms with E-state index in [1.807, 2.05) is 53.5 Å². The number of allylic oxidation sites excluding steroid dienone is 1. The fraction of sp³-hybridized carbons (Fsp3) is 0.514. The average Bonchev–Trinajstić information content (AvgIpc) is 3.43. The van der Waals surface area contributed by atoms with Gasteiger partial charge in [0, 0.05) is 38.2 Å². The molecule has 3 aromatic rings. The number of para-hydroxylation sites is 2. The van der Waals surface area contributed by atoms with Gasteiger partial charge in [-0.05, 0) is 69.9 Å². The van der Waals surface area contributed by atoms with E-state index in [1.165, 1.54) is 19.0 Å². The van der Waals surface area contributed by atoms with Gasteiger partial charge in [-0.25, -0.2) is 9.11 Å². The summed E-state index contributed by atoms with van der Waals surface area (Å²) in [6.45, 7) is 3.76. The molecule has 5 atom stereocenters. The topological polar surface area (TPSA) is 155 Å². The van der Waals surface area contributed by atoms with Crippen molar-refractivity contribution in [3.63, 3.8) is 0 Å². The molecule has 2 aliphatic heterocycles. The van der Waals surface area contributed by atoms with Gasteiger partial charge in [-0.15, -0.1) is 0 Å². The molecule has 298 valence electrons. The van der Waals surface area contributed by atoms with Gasteiger partial charge < -0.3 is 20.3 Å². The lowest BCUT2D eigenvalue weighted by atomic mass is 10.0. The first kappa shape index (κ1) is 40.0. The van der Waals surface area contributed by atoms with Gasteiger partial charge in [0.1, 0.15) is 29.5 Å². The molecule has 0 unspecified atom stereocenters. The summed E-state index contributed by atoms with van der Waals surface area (Å²) >= 11 is 0. The van der Waals surface area contributed by atoms with Crippen LogP contribution in [0.3, 0.4) is 0 Å². The van der Waals surface area contributed by atoms with Gasteiger partial charge in [0.05, 0.1) is 23.1 Å². The highest BCUT2D eigenvalue weighted by molar-refractivity contribution is 7.87. The number of nitrogens with one attached hydrogen (secondary N) is 3. The number of carbonyl (C=O) groups is 3. The molecule has 13 nitrogen and oxygen atoms in total. The Morgan fingerprint density at radius 3 is 2.56 bits per heavy atom. The van der Waals surface area contributed by atoms with E-state index in [9.17, 15) is 40.4 Å². The van der Waals surface area contributed by atoms with E-state index in [2.05, 4.69) is 15.6 Å². The highest BCUT2D eigenvalue weighted by Crippen LogP contribution is 2.46. The van der Waals surface area contributed by atoms with Crippen molar-refractivity contribution in [2.45, 2.75) is 94.7 Å². The zero-order chi connectivity index (χ0) is 39.9. The maximum Gasteiger partial charge on any atom is 0.416 e. The minimum Gasteiger partial charge on any atom is -0.459 e. The molecule has 0 radical (unpaired) electrons. The highest BCUT2D eigenvalue weighted by atomic mass is 32.2. The van der Waals surface area contributed by atoms with Crippen LogP contribution >= 0.6 is 0 Å². The summed E-state index contributed by atoms with van der Waals surface area (Å²) in [7, 11) is -1.73. The van der Waals surface area contributed by atoms with Gasteiger partial charge in [0.15, 0.2) is 0 Å². The van der Waals surface area contributed by atoms with E-state index < -0.39 is 75.1 Å². The maximum atomic E-state index is 14.6. The van der Waals surface area contributed by atoms with Crippen molar-refractivity contribution in [1.29, 1.82) is 0 Å². The van der Waals surface area contributed by atoms with Crippen LogP contribution in [0.4, 0.5) is 23.2 Å². The third-order valence-electron chi connectivity index (χ3n) is 10.3. The Labute approximate surface area is 316 Å². The highest BCUT2D eigenvalue weighted by Gasteiger charge is 2.61. The Kier molecular flexibility index (Phi) is 11.2. The Balaban J connectivity index is 1.36. The predicted octanol–water partition coefficient (Wildman–Crippen LogP) is 4.92. The van der Waals surface area contributed by atoms with Crippen molar-refractivity contribution in [1.82, 2.24) is 28.8 Å². The lowest BCUT2D eigenvalue weighted by Crippen LogP contribution is -2.58. The number of halogens is 4. The second-order valence-corrected chi connectivity index (χ2v) is 16.7. The van der Waals surface area contributed by atoms with Crippen LogP contribution < -0.4 is 20.1 Å². The van der Waals surface area contributed by atoms with E-state index in [1.54, 1.807) is 6.08 Å². The molecular weight excluding hydrogens is 747 g/mol. The molecule has 3 N–H and O–H groups in total. The Hall–Kier alpha value is -4.71. The van der Waals surface area contributed by atoms with E-state index in [4.69, 9.17) is 4.74 Å². The van der Waals surface area contributed by atoms with Crippen LogP contribution in [0.2, 0.25) is 0 Å². The number of hydrogen-bond acceptors (Lipinski definition) is 8. The molecule has 2 aromatic carbocycles. The number of rotatable bonds is 8. The number of benzene rings is 2. The molecule has 3 aliphatic rings. The second kappa shape index (κ2) is 15.4. The van der Waals surface area contributed by atoms with Crippen LogP contribution in [0, 0.1) is 11.7 Å². The number of nitrogens with zero attached hydrogens (tertiary/aromatic N) is 4. The summed E-state index contributed by atoms with van der Waals surface area (Å²) in [5.41, 5.74) is -1.66. The molecule has 2 fully saturated rings. The van der Waals surface area contributed by atoms with Gasteiger partial charge in [0.25, 0.3) is 11.9 Å².